The number of nitrogens with zero attached hydrogens (tertiary/aromatic N) is 2. The number of pyridine rings is 1. The lowest BCUT2D eigenvalue weighted by molar-refractivity contribution is -0.225. The van der Waals surface area contributed by atoms with Gasteiger partial charge >= 0.3 is 6.03 Å². The van der Waals surface area contributed by atoms with E-state index < -0.39 is 5.79 Å². The number of amides is 2. The van der Waals surface area contributed by atoms with Gasteiger partial charge in [-0.3, -0.25) is 4.98 Å². The summed E-state index contributed by atoms with van der Waals surface area (Å²) in [6.07, 6.45) is 3.19. The number of rotatable bonds is 2. The average Bonchev–Trinajstić information content (AvgIpc) is 2.79. The number of benzene rings is 2. The molecule has 0 unspecified atom stereocenters. The highest BCUT2D eigenvalue weighted by molar-refractivity contribution is 5.88. The van der Waals surface area contributed by atoms with Crippen LogP contribution in [-0.2, 0) is 11.3 Å². The lowest BCUT2D eigenvalue weighted by Crippen LogP contribution is -2.54. The Labute approximate surface area is 182 Å². The summed E-state index contributed by atoms with van der Waals surface area (Å²) in [6, 6.07) is 14.8. The van der Waals surface area contributed by atoms with E-state index in [2.05, 4.69) is 40.6 Å². The van der Waals surface area contributed by atoms with Crippen LogP contribution in [0.25, 0.3) is 21.9 Å². The maximum Gasteiger partial charge on any atom is 0.317 e. The Morgan fingerprint density at radius 1 is 1.13 bits per heavy atom. The minimum absolute atomic E-state index is 0.0143. The Kier molecular flexibility index (Phi) is 5.02. The monoisotopic (exact) mass is 417 g/mol. The quantitative estimate of drug-likeness (QED) is 0.660. The van der Waals surface area contributed by atoms with Crippen LogP contribution >= 0.6 is 0 Å². The van der Waals surface area contributed by atoms with Crippen molar-refractivity contribution in [2.24, 2.45) is 0 Å². The predicted molar refractivity (Wildman–Crippen MR) is 120 cm³/mol. The van der Waals surface area contributed by atoms with Crippen molar-refractivity contribution in [3.05, 3.63) is 59.9 Å². The molecule has 0 bridgehead atoms. The molecule has 0 atom stereocenters. The second kappa shape index (κ2) is 7.85. The number of carbonyl (C=O) groups is 1. The highest BCUT2D eigenvalue weighted by atomic mass is 16.7. The van der Waals surface area contributed by atoms with Gasteiger partial charge in [0.1, 0.15) is 5.75 Å². The number of hydrogen-bond acceptors (Lipinski definition) is 4. The summed E-state index contributed by atoms with van der Waals surface area (Å²) in [5.74, 6) is 0.243. The minimum Gasteiger partial charge on any atom is -0.462 e. The topological polar surface area (TPSA) is 63.7 Å². The Morgan fingerprint density at radius 2 is 1.90 bits per heavy atom. The minimum atomic E-state index is -0.634. The van der Waals surface area contributed by atoms with Crippen LogP contribution in [0, 0.1) is 6.92 Å². The van der Waals surface area contributed by atoms with Crippen molar-refractivity contribution in [1.82, 2.24) is 15.2 Å². The molecule has 1 spiro atoms. The van der Waals surface area contributed by atoms with Crippen molar-refractivity contribution in [1.29, 1.82) is 0 Å². The molecule has 160 valence electrons. The number of hydrogen-bond donors (Lipinski definition) is 1. The highest BCUT2D eigenvalue weighted by Gasteiger charge is 2.41. The molecule has 0 saturated carbocycles. The Balaban J connectivity index is 1.34. The first-order valence-corrected chi connectivity index (χ1v) is 10.9. The van der Waals surface area contributed by atoms with Crippen LogP contribution in [0.5, 0.6) is 5.75 Å². The maximum absolute atomic E-state index is 12.1. The number of likely N-dealkylation sites (tertiary alicyclic amines) is 1. The number of aromatic nitrogens is 1. The zero-order valence-corrected chi connectivity index (χ0v) is 18.0. The van der Waals surface area contributed by atoms with Crippen LogP contribution in [0.3, 0.4) is 0 Å². The van der Waals surface area contributed by atoms with Gasteiger partial charge in [0.15, 0.2) is 0 Å². The van der Waals surface area contributed by atoms with E-state index in [4.69, 9.17) is 9.47 Å². The zero-order valence-electron chi connectivity index (χ0n) is 18.0. The summed E-state index contributed by atoms with van der Waals surface area (Å²) >= 11 is 0. The van der Waals surface area contributed by atoms with Crippen molar-refractivity contribution in [2.75, 3.05) is 19.6 Å². The van der Waals surface area contributed by atoms with E-state index in [1.165, 1.54) is 10.8 Å². The van der Waals surface area contributed by atoms with Gasteiger partial charge in [0.2, 0.25) is 5.79 Å². The van der Waals surface area contributed by atoms with E-state index in [0.717, 1.165) is 28.1 Å². The second-order valence-electron chi connectivity index (χ2n) is 8.28. The zero-order chi connectivity index (χ0) is 21.4. The molecule has 31 heavy (non-hydrogen) atoms. The summed E-state index contributed by atoms with van der Waals surface area (Å²) in [5.41, 5.74) is 4.40. The molecule has 1 N–H and O–H groups in total. The van der Waals surface area contributed by atoms with Gasteiger partial charge < -0.3 is 19.7 Å². The van der Waals surface area contributed by atoms with Crippen molar-refractivity contribution < 1.29 is 14.3 Å². The van der Waals surface area contributed by atoms with E-state index in [-0.39, 0.29) is 6.03 Å². The maximum atomic E-state index is 12.1. The number of ether oxygens (including phenoxy) is 2. The number of aryl methyl sites for hydroxylation is 1. The number of piperidine rings is 1. The molecule has 3 aromatic rings. The molecule has 1 aromatic heterocycles. The van der Waals surface area contributed by atoms with Gasteiger partial charge in [-0.1, -0.05) is 18.2 Å². The third kappa shape index (κ3) is 3.72. The third-order valence-corrected chi connectivity index (χ3v) is 6.28. The highest BCUT2D eigenvalue weighted by Crippen LogP contribution is 2.39. The Bertz CT molecular complexity index is 1140. The van der Waals surface area contributed by atoms with Crippen molar-refractivity contribution in [3.8, 4) is 16.9 Å². The van der Waals surface area contributed by atoms with Crippen LogP contribution in [-0.4, -0.2) is 41.3 Å². The molecule has 5 rings (SSSR count). The van der Waals surface area contributed by atoms with E-state index in [1.54, 1.807) is 0 Å². The lowest BCUT2D eigenvalue weighted by Gasteiger charge is -2.43. The molecule has 0 aliphatic carbocycles. The third-order valence-electron chi connectivity index (χ3n) is 6.28. The summed E-state index contributed by atoms with van der Waals surface area (Å²) in [7, 11) is 0. The van der Waals surface area contributed by atoms with Gasteiger partial charge in [-0.05, 0) is 54.6 Å². The molecule has 1 fully saturated rings. The number of nitrogens with one attached hydrogen (secondary N) is 1. The van der Waals surface area contributed by atoms with Gasteiger partial charge in [0.25, 0.3) is 0 Å². The molecular formula is C25H27N3O3. The smallest absolute Gasteiger partial charge is 0.317 e. The van der Waals surface area contributed by atoms with E-state index in [9.17, 15) is 4.79 Å². The van der Waals surface area contributed by atoms with Crippen LogP contribution in [0.4, 0.5) is 4.79 Å². The first-order chi connectivity index (χ1) is 15.1. The van der Waals surface area contributed by atoms with Crippen molar-refractivity contribution in [3.63, 3.8) is 0 Å². The van der Waals surface area contributed by atoms with Gasteiger partial charge in [-0.25, -0.2) is 4.79 Å². The molecule has 2 aliphatic heterocycles. The molecule has 6 nitrogen and oxygen atoms in total. The summed E-state index contributed by atoms with van der Waals surface area (Å²) in [6.45, 7) is 6.37. The van der Waals surface area contributed by atoms with Crippen molar-refractivity contribution in [2.45, 2.75) is 39.1 Å². The summed E-state index contributed by atoms with van der Waals surface area (Å²) in [5, 5.41) is 5.23. The Hall–Kier alpha value is -3.12. The normalized spacial score (nSPS) is 17.3. The SMILES string of the molecule is CCNC(=O)N1CCC2(CC1)OCc1cc(-c3ccc4c(C)nccc4c3)ccc1O2. The second-order valence-corrected chi connectivity index (χ2v) is 8.28. The molecule has 1 saturated heterocycles. The number of urea groups is 1. The molecule has 2 aromatic carbocycles. The molecule has 3 heterocycles. The van der Waals surface area contributed by atoms with Gasteiger partial charge in [0.05, 0.1) is 6.61 Å². The number of carbonyl (C=O) groups excluding carboxylic acids is 1. The Morgan fingerprint density at radius 3 is 2.71 bits per heavy atom. The number of fused-ring (bicyclic) bond motifs is 2. The molecule has 0 radical (unpaired) electrons. The van der Waals surface area contributed by atoms with Crippen LogP contribution in [0.2, 0.25) is 0 Å². The van der Waals surface area contributed by atoms with E-state index in [1.807, 2.05) is 37.1 Å². The first kappa shape index (κ1) is 19.8. The van der Waals surface area contributed by atoms with E-state index >= 15 is 0 Å². The largest absolute Gasteiger partial charge is 0.462 e. The first-order valence-electron chi connectivity index (χ1n) is 10.9. The standard InChI is InChI=1S/C25H27N3O3/c1-3-26-24(29)28-12-9-25(10-13-28)30-16-21-15-19(5-7-23(21)31-25)18-4-6-22-17(2)27-11-8-20(22)14-18/h4-8,11,14-15H,3,9-10,12-13,16H2,1-2H3,(H,26,29). The summed E-state index contributed by atoms with van der Waals surface area (Å²) < 4.78 is 12.5. The molecule has 2 amide bonds. The van der Waals surface area contributed by atoms with Gasteiger partial charge in [0, 0.05) is 55.3 Å². The fraction of sp³-hybridized carbons (Fsp3) is 0.360. The summed E-state index contributed by atoms with van der Waals surface area (Å²) in [4.78, 5) is 18.3. The predicted octanol–water partition coefficient (Wildman–Crippen LogP) is 4.64. The molecule has 2 aliphatic rings. The van der Waals surface area contributed by atoms with Crippen LogP contribution in [0.1, 0.15) is 31.0 Å². The molecule has 6 heteroatoms. The van der Waals surface area contributed by atoms with Crippen LogP contribution < -0.4 is 10.1 Å². The molecular weight excluding hydrogens is 390 g/mol. The van der Waals surface area contributed by atoms with Gasteiger partial charge in [-0.2, -0.15) is 0 Å². The van der Waals surface area contributed by atoms with E-state index in [0.29, 0.717) is 39.1 Å². The fourth-order valence-corrected chi connectivity index (χ4v) is 4.48. The van der Waals surface area contributed by atoms with Crippen LogP contribution in [0.15, 0.2) is 48.7 Å². The van der Waals surface area contributed by atoms with Gasteiger partial charge in [-0.15, -0.1) is 0 Å². The lowest BCUT2D eigenvalue weighted by atomic mass is 9.97. The van der Waals surface area contributed by atoms with Crippen molar-refractivity contribution >= 4 is 16.8 Å². The fourth-order valence-electron chi connectivity index (χ4n) is 4.48. The average molecular weight is 418 g/mol.